The highest BCUT2D eigenvalue weighted by Gasteiger charge is 2.48. The number of nitrogens with zero attached hydrogens (tertiary/aromatic N) is 3. The Kier molecular flexibility index (Phi) is 5.07. The second-order valence-corrected chi connectivity index (χ2v) is 7.47. The summed E-state index contributed by atoms with van der Waals surface area (Å²) in [4.78, 5) is 36.5. The van der Waals surface area contributed by atoms with Crippen molar-refractivity contribution in [3.63, 3.8) is 0 Å². The largest absolute Gasteiger partial charge is 0.493 e. The van der Waals surface area contributed by atoms with Crippen LogP contribution in [0.4, 0.5) is 0 Å². The molecule has 1 saturated heterocycles. The lowest BCUT2D eigenvalue weighted by atomic mass is 9.78. The molecule has 28 heavy (non-hydrogen) atoms. The van der Waals surface area contributed by atoms with E-state index in [0.717, 1.165) is 36.4 Å². The smallest absolute Gasteiger partial charge is 0.226 e. The zero-order valence-corrected chi connectivity index (χ0v) is 16.2. The van der Waals surface area contributed by atoms with Gasteiger partial charge >= 0.3 is 0 Å². The van der Waals surface area contributed by atoms with Gasteiger partial charge in [0.25, 0.3) is 0 Å². The number of imidazole rings is 1. The van der Waals surface area contributed by atoms with E-state index >= 15 is 0 Å². The molecule has 4 rings (SSSR count). The van der Waals surface area contributed by atoms with Gasteiger partial charge in [0.15, 0.2) is 0 Å². The quantitative estimate of drug-likeness (QED) is 0.878. The van der Waals surface area contributed by atoms with Gasteiger partial charge in [0.2, 0.25) is 11.8 Å². The Bertz CT molecular complexity index is 840. The van der Waals surface area contributed by atoms with Crippen LogP contribution in [0.15, 0.2) is 36.7 Å². The summed E-state index contributed by atoms with van der Waals surface area (Å²) in [5.74, 6) is 0.946. The van der Waals surface area contributed by atoms with Gasteiger partial charge in [-0.1, -0.05) is 18.2 Å². The highest BCUT2D eigenvalue weighted by Crippen LogP contribution is 2.42. The molecule has 7 heteroatoms. The molecule has 2 amide bonds. The van der Waals surface area contributed by atoms with E-state index < -0.39 is 5.54 Å². The number of likely N-dealkylation sites (tertiary alicyclic amines) is 1. The number of carbonyl (C=O) groups is 2. The number of aromatic nitrogens is 2. The van der Waals surface area contributed by atoms with Crippen LogP contribution < -0.4 is 4.74 Å². The van der Waals surface area contributed by atoms with Crippen molar-refractivity contribution in [1.29, 1.82) is 0 Å². The van der Waals surface area contributed by atoms with Gasteiger partial charge < -0.3 is 19.5 Å². The zero-order chi connectivity index (χ0) is 19.6. The van der Waals surface area contributed by atoms with Crippen molar-refractivity contribution >= 4 is 11.8 Å². The normalized spacial score (nSPS) is 18.0. The molecular formula is C21H26N4O3. The van der Waals surface area contributed by atoms with E-state index in [0.29, 0.717) is 32.7 Å². The number of H-pyrrole nitrogens is 1. The van der Waals surface area contributed by atoms with Crippen LogP contribution in [0.2, 0.25) is 0 Å². The first-order chi connectivity index (χ1) is 13.6. The van der Waals surface area contributed by atoms with E-state index in [-0.39, 0.29) is 11.8 Å². The van der Waals surface area contributed by atoms with E-state index in [1.807, 2.05) is 40.1 Å². The lowest BCUT2D eigenvalue weighted by molar-refractivity contribution is -0.142. The molecule has 1 fully saturated rings. The molecule has 0 saturated carbocycles. The monoisotopic (exact) mass is 382 g/mol. The van der Waals surface area contributed by atoms with Gasteiger partial charge in [0.1, 0.15) is 5.75 Å². The molecule has 0 unspecified atom stereocenters. The van der Waals surface area contributed by atoms with Crippen molar-refractivity contribution in [2.45, 2.75) is 38.1 Å². The number of piperidine rings is 1. The lowest BCUT2D eigenvalue weighted by Crippen LogP contribution is -2.58. The van der Waals surface area contributed by atoms with E-state index in [1.165, 1.54) is 0 Å². The maximum Gasteiger partial charge on any atom is 0.226 e. The predicted molar refractivity (Wildman–Crippen MR) is 104 cm³/mol. The highest BCUT2D eigenvalue weighted by molar-refractivity contribution is 5.77. The number of amides is 2. The maximum atomic E-state index is 12.6. The number of carbonyl (C=O) groups excluding carboxylic acids is 2. The van der Waals surface area contributed by atoms with E-state index in [2.05, 4.69) is 9.97 Å². The Morgan fingerprint density at radius 1 is 1.18 bits per heavy atom. The minimum Gasteiger partial charge on any atom is -0.493 e. The zero-order valence-electron chi connectivity index (χ0n) is 16.2. The van der Waals surface area contributed by atoms with Crippen molar-refractivity contribution in [3.8, 4) is 5.75 Å². The fraction of sp³-hybridized carbons (Fsp3) is 0.476. The minimum atomic E-state index is -0.392. The molecule has 2 aromatic rings. The SMILES string of the molecule is CC(=O)N1CCc2[nH]cnc2C12CCN(C(=O)CCOc1ccccc1)CC2. The molecule has 2 aliphatic heterocycles. The molecular weight excluding hydrogens is 356 g/mol. The summed E-state index contributed by atoms with van der Waals surface area (Å²) in [5, 5.41) is 0. The van der Waals surface area contributed by atoms with Crippen LogP contribution in [-0.4, -0.2) is 57.8 Å². The number of hydrogen-bond donors (Lipinski definition) is 1. The van der Waals surface area contributed by atoms with Gasteiger partial charge in [0.05, 0.1) is 30.6 Å². The molecule has 3 heterocycles. The number of nitrogens with one attached hydrogen (secondary N) is 1. The van der Waals surface area contributed by atoms with Crippen molar-refractivity contribution < 1.29 is 14.3 Å². The van der Waals surface area contributed by atoms with Gasteiger partial charge in [-0.2, -0.15) is 0 Å². The Labute approximate surface area is 164 Å². The average molecular weight is 382 g/mol. The summed E-state index contributed by atoms with van der Waals surface area (Å²) in [6, 6.07) is 9.53. The van der Waals surface area contributed by atoms with Gasteiger partial charge in [0, 0.05) is 38.7 Å². The molecule has 148 valence electrons. The number of aromatic amines is 1. The summed E-state index contributed by atoms with van der Waals surface area (Å²) in [6.07, 6.45) is 4.31. The third-order valence-corrected chi connectivity index (χ3v) is 5.91. The molecule has 2 aliphatic rings. The van der Waals surface area contributed by atoms with E-state index in [9.17, 15) is 9.59 Å². The molecule has 1 aromatic carbocycles. The first-order valence-electron chi connectivity index (χ1n) is 9.87. The molecule has 1 N–H and O–H groups in total. The first-order valence-corrected chi connectivity index (χ1v) is 9.87. The second-order valence-electron chi connectivity index (χ2n) is 7.47. The third kappa shape index (κ3) is 3.37. The van der Waals surface area contributed by atoms with Crippen molar-refractivity contribution in [3.05, 3.63) is 48.0 Å². The van der Waals surface area contributed by atoms with E-state index in [4.69, 9.17) is 4.74 Å². The second kappa shape index (κ2) is 7.66. The molecule has 0 bridgehead atoms. The maximum absolute atomic E-state index is 12.6. The topological polar surface area (TPSA) is 78.5 Å². The average Bonchev–Trinajstić information content (AvgIpc) is 3.19. The molecule has 1 aromatic heterocycles. The van der Waals surface area contributed by atoms with Crippen LogP contribution in [0, 0.1) is 0 Å². The fourth-order valence-electron chi connectivity index (χ4n) is 4.50. The summed E-state index contributed by atoms with van der Waals surface area (Å²) >= 11 is 0. The number of para-hydroxylation sites is 1. The lowest BCUT2D eigenvalue weighted by Gasteiger charge is -2.50. The molecule has 1 spiro atoms. The summed E-state index contributed by atoms with van der Waals surface area (Å²) < 4.78 is 5.65. The number of ether oxygens (including phenoxy) is 1. The van der Waals surface area contributed by atoms with Gasteiger partial charge in [-0.3, -0.25) is 9.59 Å². The standard InChI is InChI=1S/C21H26N4O3/c1-16(26)25-11-7-18-20(23-15-22-18)21(25)9-12-24(13-10-21)19(27)8-14-28-17-5-3-2-4-6-17/h2-6,15H,7-14H2,1H3,(H,22,23). The summed E-state index contributed by atoms with van der Waals surface area (Å²) in [6.45, 7) is 3.94. The van der Waals surface area contributed by atoms with Crippen LogP contribution in [-0.2, 0) is 21.5 Å². The summed E-state index contributed by atoms with van der Waals surface area (Å²) in [7, 11) is 0. The van der Waals surface area contributed by atoms with Crippen molar-refractivity contribution in [2.24, 2.45) is 0 Å². The first kappa shape index (κ1) is 18.5. The Morgan fingerprint density at radius 2 is 1.93 bits per heavy atom. The molecule has 7 nitrogen and oxygen atoms in total. The number of fused-ring (bicyclic) bond motifs is 2. The Hall–Kier alpha value is -2.83. The van der Waals surface area contributed by atoms with Gasteiger partial charge in [-0.15, -0.1) is 0 Å². The van der Waals surface area contributed by atoms with Crippen LogP contribution in [0.1, 0.15) is 37.6 Å². The highest BCUT2D eigenvalue weighted by atomic mass is 16.5. The summed E-state index contributed by atoms with van der Waals surface area (Å²) in [5.41, 5.74) is 1.71. The Morgan fingerprint density at radius 3 is 2.64 bits per heavy atom. The minimum absolute atomic E-state index is 0.0738. The van der Waals surface area contributed by atoms with E-state index in [1.54, 1.807) is 13.3 Å². The molecule has 0 radical (unpaired) electrons. The van der Waals surface area contributed by atoms with Crippen LogP contribution in [0.25, 0.3) is 0 Å². The fourth-order valence-corrected chi connectivity index (χ4v) is 4.50. The van der Waals surface area contributed by atoms with Crippen molar-refractivity contribution in [2.75, 3.05) is 26.2 Å². The van der Waals surface area contributed by atoms with Gasteiger partial charge in [-0.25, -0.2) is 4.98 Å². The molecule has 0 aliphatic carbocycles. The predicted octanol–water partition coefficient (Wildman–Crippen LogP) is 2.10. The van der Waals surface area contributed by atoms with Crippen LogP contribution in [0.3, 0.4) is 0 Å². The number of benzene rings is 1. The Balaban J connectivity index is 1.38. The number of rotatable bonds is 4. The van der Waals surface area contributed by atoms with Gasteiger partial charge in [-0.05, 0) is 25.0 Å². The number of hydrogen-bond acceptors (Lipinski definition) is 4. The third-order valence-electron chi connectivity index (χ3n) is 5.91. The molecule has 0 atom stereocenters. The van der Waals surface area contributed by atoms with Crippen LogP contribution in [0.5, 0.6) is 5.75 Å². The van der Waals surface area contributed by atoms with Crippen LogP contribution >= 0.6 is 0 Å². The van der Waals surface area contributed by atoms with Crippen molar-refractivity contribution in [1.82, 2.24) is 19.8 Å².